The molecule has 0 unspecified atom stereocenters. The minimum absolute atomic E-state index is 0.272. The van der Waals surface area contributed by atoms with Crippen LogP contribution in [0, 0.1) is 0 Å². The molecule has 3 aliphatic rings. The molecule has 2 fully saturated rings. The molecular weight excluding hydrogens is 339 g/mol. The number of rotatable bonds is 3. The molecule has 3 aliphatic heterocycles. The number of hydrogen-bond acceptors (Lipinski definition) is 10. The van der Waals surface area contributed by atoms with E-state index in [9.17, 15) is 14.2 Å². The lowest BCUT2D eigenvalue weighted by atomic mass is 11.0. The smallest absolute Gasteiger partial charge is 0.373 e. The van der Waals surface area contributed by atoms with Crippen LogP contribution in [0.15, 0.2) is 12.4 Å². The largest absolute Gasteiger partial charge is 0.673 e. The number of nitrogens with zero attached hydrogens (tertiary/aromatic N) is 1. The molecule has 108 valence electrons. The van der Waals surface area contributed by atoms with Crippen LogP contribution in [-0.4, -0.2) is 57.7 Å². The van der Waals surface area contributed by atoms with Gasteiger partial charge in [0.15, 0.2) is 0 Å². The van der Waals surface area contributed by atoms with E-state index in [1.165, 1.54) is 10.8 Å². The van der Waals surface area contributed by atoms with Crippen LogP contribution in [0.5, 0.6) is 0 Å². The normalized spacial score (nSPS) is 44.9. The van der Waals surface area contributed by atoms with Gasteiger partial charge in [0, 0.05) is 12.4 Å². The zero-order chi connectivity index (χ0) is 13.9. The number of phosphoric acid groups is 1. The van der Waals surface area contributed by atoms with Crippen LogP contribution < -0.4 is 5.32 Å². The monoisotopic (exact) mass is 348 g/mol. The zero-order valence-corrected chi connectivity index (χ0v) is 12.9. The van der Waals surface area contributed by atoms with Crippen molar-refractivity contribution >= 4 is 34.9 Å². The minimum Gasteiger partial charge on any atom is -0.373 e. The summed E-state index contributed by atoms with van der Waals surface area (Å²) in [7, 11) is -16.7. The van der Waals surface area contributed by atoms with Gasteiger partial charge in [-0.15, -0.1) is 0 Å². The van der Waals surface area contributed by atoms with Gasteiger partial charge in [0.25, 0.3) is 0 Å². The Kier molecular flexibility index (Phi) is 2.87. The molecule has 3 rings (SSSR count). The summed E-state index contributed by atoms with van der Waals surface area (Å²) < 4.78 is 35.5. The Bertz CT molecular complexity index is 467. The predicted molar refractivity (Wildman–Crippen MR) is 58.2 cm³/mol. The molecule has 0 radical (unpaired) electrons. The van der Waals surface area contributed by atoms with Gasteiger partial charge in [0.1, 0.15) is 0 Å². The first kappa shape index (κ1) is 13.8. The van der Waals surface area contributed by atoms with Crippen molar-refractivity contribution in [2.75, 3.05) is 6.67 Å². The van der Waals surface area contributed by atoms with Gasteiger partial charge in [-0.25, -0.2) is 4.57 Å². The van der Waals surface area contributed by atoms with Crippen molar-refractivity contribution in [2.24, 2.45) is 0 Å². The van der Waals surface area contributed by atoms with E-state index < -0.39 is 34.9 Å². The van der Waals surface area contributed by atoms with Crippen molar-refractivity contribution in [3.05, 3.63) is 12.4 Å². The van der Waals surface area contributed by atoms with Gasteiger partial charge in [-0.05, 0) is 0 Å². The van der Waals surface area contributed by atoms with Crippen molar-refractivity contribution in [1.29, 1.82) is 0 Å². The van der Waals surface area contributed by atoms with Crippen LogP contribution in [-0.2, 0) is 25.2 Å². The highest BCUT2D eigenvalue weighted by Gasteiger charge is 2.86. The maximum atomic E-state index is 10.5. The first-order valence-electron chi connectivity index (χ1n) is 4.82. The summed E-state index contributed by atoms with van der Waals surface area (Å²) in [5.74, 6) is 0. The lowest BCUT2D eigenvalue weighted by Crippen LogP contribution is -2.89. The highest BCUT2D eigenvalue weighted by molar-refractivity contribution is 7.48. The highest BCUT2D eigenvalue weighted by Crippen LogP contribution is 2.49. The van der Waals surface area contributed by atoms with Gasteiger partial charge in [0.2, 0.25) is 0 Å². The molecule has 0 atom stereocenters. The summed E-state index contributed by atoms with van der Waals surface area (Å²) in [5.41, 5.74) is 0. The van der Waals surface area contributed by atoms with E-state index in [4.69, 9.17) is 26.2 Å². The van der Waals surface area contributed by atoms with Crippen LogP contribution in [0.4, 0.5) is 0 Å². The second kappa shape index (κ2) is 3.95. The topological polar surface area (TPSA) is 159 Å². The van der Waals surface area contributed by atoms with Gasteiger partial charge in [-0.1, -0.05) is 0 Å². The first-order valence-corrected chi connectivity index (χ1v) is 11.4. The molecule has 0 bridgehead atoms. The Morgan fingerprint density at radius 3 is 2.37 bits per heavy atom. The fourth-order valence-electron chi connectivity index (χ4n) is 1.59. The molecule has 3 heterocycles. The molecular formula is C3H9N2O10PSi3. The van der Waals surface area contributed by atoms with Gasteiger partial charge in [-0.3, -0.25) is 4.21 Å². The lowest BCUT2D eigenvalue weighted by Gasteiger charge is -2.54. The van der Waals surface area contributed by atoms with Gasteiger partial charge >= 0.3 is 34.9 Å². The summed E-state index contributed by atoms with van der Waals surface area (Å²) in [5, 5.41) is 2.78. The summed E-state index contributed by atoms with van der Waals surface area (Å²) in [6.07, 6.45) is 3.07. The van der Waals surface area contributed by atoms with Gasteiger partial charge < -0.3 is 45.7 Å². The predicted octanol–water partition coefficient (Wildman–Crippen LogP) is -3.19. The van der Waals surface area contributed by atoms with Crippen LogP contribution >= 0.6 is 7.82 Å². The van der Waals surface area contributed by atoms with Gasteiger partial charge in [-0.2, -0.15) is 0 Å². The molecule has 0 aromatic carbocycles. The molecule has 1 spiro atoms. The average Bonchev–Trinajstić information content (AvgIpc) is 2.61. The van der Waals surface area contributed by atoms with Crippen molar-refractivity contribution < 1.29 is 44.6 Å². The summed E-state index contributed by atoms with van der Waals surface area (Å²) in [4.78, 5) is 36.4. The molecule has 12 nitrogen and oxygen atoms in total. The maximum absolute atomic E-state index is 10.5. The molecule has 0 aromatic heterocycles. The fourth-order valence-corrected chi connectivity index (χ4v) is 12.7. The third kappa shape index (κ3) is 2.45. The Balaban J connectivity index is 1.57. The van der Waals surface area contributed by atoms with Crippen molar-refractivity contribution in [1.82, 2.24) is 9.88 Å². The van der Waals surface area contributed by atoms with Crippen molar-refractivity contribution in [3.8, 4) is 0 Å². The summed E-state index contributed by atoms with van der Waals surface area (Å²) >= 11 is 0. The Labute approximate surface area is 109 Å². The second-order valence-electron chi connectivity index (χ2n) is 3.71. The van der Waals surface area contributed by atoms with E-state index in [1.807, 2.05) is 0 Å². The molecule has 19 heavy (non-hydrogen) atoms. The van der Waals surface area contributed by atoms with Crippen LogP contribution in [0.2, 0.25) is 0 Å². The Hall–Kier alpha value is -0.139. The maximum Gasteiger partial charge on any atom is 0.673 e. The zero-order valence-electron chi connectivity index (χ0n) is 8.99. The van der Waals surface area contributed by atoms with E-state index in [0.29, 0.717) is 0 Å². The number of nitrogens with one attached hydrogen (secondary N) is 1. The summed E-state index contributed by atoms with van der Waals surface area (Å²) in [6, 6.07) is 0. The fraction of sp³-hybridized carbons (Fsp3) is 0.333. The quantitative estimate of drug-likeness (QED) is 0.257. The molecule has 0 aliphatic carbocycles. The van der Waals surface area contributed by atoms with E-state index in [0.717, 1.165) is 0 Å². The first-order chi connectivity index (χ1) is 8.64. The van der Waals surface area contributed by atoms with E-state index in [1.54, 1.807) is 6.20 Å². The van der Waals surface area contributed by atoms with Gasteiger partial charge in [0.05, 0.1) is 6.67 Å². The molecule has 5 N–H and O–H groups in total. The standard InChI is InChI=1S/C3H9N2O10PSi3/c6-16(7,8)11-18(10)14-19(15-18)12-17(9,13-19)5-2-1-4-3-5/h1-2,4,9-10H,3H2,(H2,6,7,8). The Morgan fingerprint density at radius 2 is 1.89 bits per heavy atom. The molecule has 0 saturated carbocycles. The average molecular weight is 348 g/mol. The van der Waals surface area contributed by atoms with Crippen molar-refractivity contribution in [3.63, 3.8) is 0 Å². The minimum atomic E-state index is -4.96. The Morgan fingerprint density at radius 1 is 1.26 bits per heavy atom. The second-order valence-corrected chi connectivity index (χ2v) is 12.4. The highest BCUT2D eigenvalue weighted by atomic mass is 31.2. The molecule has 0 aromatic rings. The third-order valence-corrected chi connectivity index (χ3v) is 13.4. The van der Waals surface area contributed by atoms with E-state index in [2.05, 4.69) is 9.53 Å². The molecule has 16 heteroatoms. The van der Waals surface area contributed by atoms with Crippen LogP contribution in [0.1, 0.15) is 0 Å². The van der Waals surface area contributed by atoms with E-state index in [-0.39, 0.29) is 6.67 Å². The molecule has 0 amide bonds. The summed E-state index contributed by atoms with van der Waals surface area (Å²) in [6.45, 7) is 0.272. The third-order valence-electron chi connectivity index (χ3n) is 2.26. The van der Waals surface area contributed by atoms with Crippen LogP contribution in [0.3, 0.4) is 0 Å². The molecule has 2 saturated heterocycles. The lowest BCUT2D eigenvalue weighted by molar-refractivity contribution is -0.109. The van der Waals surface area contributed by atoms with Crippen LogP contribution in [0.25, 0.3) is 0 Å². The van der Waals surface area contributed by atoms with E-state index >= 15 is 0 Å². The van der Waals surface area contributed by atoms with Crippen molar-refractivity contribution in [2.45, 2.75) is 0 Å². The number of hydrogen-bond donors (Lipinski definition) is 5. The SMILES string of the molecule is O=P(O)(O)O[Si]1(O)O[Si]2(O1)O[Si](O)(N1C=CNC1)O2.